The molecule has 1 fully saturated rings. The van der Waals surface area contributed by atoms with Gasteiger partial charge in [-0.3, -0.25) is 0 Å². The van der Waals surface area contributed by atoms with E-state index in [0.29, 0.717) is 17.5 Å². The standard InChI is InChI=1S/C13H17NO2/c1-9-7-11(5-6-14-9)10-3-2-4-12(8-10)13(15)16/h2-4,8-9,11,14H,5-7H2,1H3,(H,15,16). The van der Waals surface area contributed by atoms with Gasteiger partial charge >= 0.3 is 5.97 Å². The van der Waals surface area contributed by atoms with Crippen molar-refractivity contribution in [1.29, 1.82) is 0 Å². The van der Waals surface area contributed by atoms with Crippen LogP contribution < -0.4 is 5.32 Å². The lowest BCUT2D eigenvalue weighted by atomic mass is 9.86. The lowest BCUT2D eigenvalue weighted by molar-refractivity contribution is 0.0696. The first kappa shape index (κ1) is 11.1. The van der Waals surface area contributed by atoms with Crippen LogP contribution in [0.25, 0.3) is 0 Å². The molecule has 2 atom stereocenters. The van der Waals surface area contributed by atoms with E-state index in [4.69, 9.17) is 5.11 Å². The molecule has 86 valence electrons. The first-order valence-electron chi connectivity index (χ1n) is 5.73. The summed E-state index contributed by atoms with van der Waals surface area (Å²) in [5.41, 5.74) is 1.55. The number of aromatic carboxylic acids is 1. The molecular weight excluding hydrogens is 202 g/mol. The van der Waals surface area contributed by atoms with E-state index in [1.54, 1.807) is 6.07 Å². The minimum Gasteiger partial charge on any atom is -0.478 e. The average molecular weight is 219 g/mol. The molecule has 3 nitrogen and oxygen atoms in total. The van der Waals surface area contributed by atoms with Crippen LogP contribution in [0.3, 0.4) is 0 Å². The van der Waals surface area contributed by atoms with Crippen LogP contribution in [-0.2, 0) is 0 Å². The van der Waals surface area contributed by atoms with Crippen molar-refractivity contribution in [3.8, 4) is 0 Å². The Morgan fingerprint density at radius 2 is 2.31 bits per heavy atom. The van der Waals surface area contributed by atoms with Crippen molar-refractivity contribution in [3.63, 3.8) is 0 Å². The third-order valence-corrected chi connectivity index (χ3v) is 3.23. The van der Waals surface area contributed by atoms with E-state index in [1.807, 2.05) is 18.2 Å². The van der Waals surface area contributed by atoms with Gasteiger partial charge in [-0.1, -0.05) is 12.1 Å². The highest BCUT2D eigenvalue weighted by atomic mass is 16.4. The maximum atomic E-state index is 10.9. The summed E-state index contributed by atoms with van der Waals surface area (Å²) in [4.78, 5) is 10.9. The third-order valence-electron chi connectivity index (χ3n) is 3.23. The molecule has 2 unspecified atom stereocenters. The molecule has 0 radical (unpaired) electrons. The number of hydrogen-bond acceptors (Lipinski definition) is 2. The monoisotopic (exact) mass is 219 g/mol. The molecular formula is C13H17NO2. The summed E-state index contributed by atoms with van der Waals surface area (Å²) >= 11 is 0. The Hall–Kier alpha value is -1.35. The molecule has 1 heterocycles. The lowest BCUT2D eigenvalue weighted by Crippen LogP contribution is -2.34. The van der Waals surface area contributed by atoms with Crippen molar-refractivity contribution in [2.75, 3.05) is 6.54 Å². The summed E-state index contributed by atoms with van der Waals surface area (Å²) in [5.74, 6) is -0.348. The predicted octanol–water partition coefficient (Wildman–Crippen LogP) is 2.24. The fourth-order valence-corrected chi connectivity index (χ4v) is 2.36. The second kappa shape index (κ2) is 4.66. The summed E-state index contributed by atoms with van der Waals surface area (Å²) in [6.45, 7) is 3.19. The first-order chi connectivity index (χ1) is 7.66. The van der Waals surface area contributed by atoms with Gasteiger partial charge in [0.25, 0.3) is 0 Å². The molecule has 1 aromatic carbocycles. The molecule has 3 heteroatoms. The molecule has 0 bridgehead atoms. The zero-order chi connectivity index (χ0) is 11.5. The van der Waals surface area contributed by atoms with Crippen molar-refractivity contribution < 1.29 is 9.90 Å². The summed E-state index contributed by atoms with van der Waals surface area (Å²) in [6.07, 6.45) is 2.18. The Bertz CT molecular complexity index is 389. The van der Waals surface area contributed by atoms with E-state index in [9.17, 15) is 4.79 Å². The number of hydrogen-bond donors (Lipinski definition) is 2. The molecule has 0 spiro atoms. The molecule has 0 aromatic heterocycles. The van der Waals surface area contributed by atoms with E-state index in [1.165, 1.54) is 0 Å². The van der Waals surface area contributed by atoms with Gasteiger partial charge in [-0.15, -0.1) is 0 Å². The van der Waals surface area contributed by atoms with E-state index >= 15 is 0 Å². The smallest absolute Gasteiger partial charge is 0.335 e. The van der Waals surface area contributed by atoms with Crippen LogP contribution in [0.4, 0.5) is 0 Å². The molecule has 0 aliphatic carbocycles. The predicted molar refractivity (Wildman–Crippen MR) is 62.8 cm³/mol. The van der Waals surface area contributed by atoms with Crippen LogP contribution in [-0.4, -0.2) is 23.7 Å². The number of rotatable bonds is 2. The SMILES string of the molecule is CC1CC(c2cccc(C(=O)O)c2)CCN1. The number of piperidine rings is 1. The Morgan fingerprint density at radius 1 is 1.50 bits per heavy atom. The van der Waals surface area contributed by atoms with E-state index in [2.05, 4.69) is 12.2 Å². The summed E-state index contributed by atoms with van der Waals surface area (Å²) in [7, 11) is 0. The van der Waals surface area contributed by atoms with Gasteiger partial charge in [-0.25, -0.2) is 4.79 Å². The lowest BCUT2D eigenvalue weighted by Gasteiger charge is -2.28. The van der Waals surface area contributed by atoms with Gasteiger partial charge in [0.2, 0.25) is 0 Å². The number of carboxylic acid groups (broad SMARTS) is 1. The maximum Gasteiger partial charge on any atom is 0.335 e. The van der Waals surface area contributed by atoms with Gasteiger partial charge in [0.05, 0.1) is 5.56 Å². The van der Waals surface area contributed by atoms with Crippen molar-refractivity contribution in [2.45, 2.75) is 31.7 Å². The van der Waals surface area contributed by atoms with Crippen LogP contribution in [0.5, 0.6) is 0 Å². The zero-order valence-corrected chi connectivity index (χ0v) is 9.44. The highest BCUT2D eigenvalue weighted by Gasteiger charge is 2.20. The van der Waals surface area contributed by atoms with Crippen molar-refractivity contribution in [3.05, 3.63) is 35.4 Å². The Morgan fingerprint density at radius 3 is 3.00 bits per heavy atom. The van der Waals surface area contributed by atoms with Crippen LogP contribution in [0, 0.1) is 0 Å². The molecule has 1 aliphatic heterocycles. The molecule has 0 saturated carbocycles. The minimum atomic E-state index is -0.844. The van der Waals surface area contributed by atoms with E-state index < -0.39 is 5.97 Å². The fourth-order valence-electron chi connectivity index (χ4n) is 2.36. The Labute approximate surface area is 95.5 Å². The molecule has 2 rings (SSSR count). The number of benzene rings is 1. The van der Waals surface area contributed by atoms with Gasteiger partial charge in [0.15, 0.2) is 0 Å². The zero-order valence-electron chi connectivity index (χ0n) is 9.44. The van der Waals surface area contributed by atoms with E-state index in [0.717, 1.165) is 24.9 Å². The molecule has 1 saturated heterocycles. The second-order valence-electron chi connectivity index (χ2n) is 4.51. The van der Waals surface area contributed by atoms with Gasteiger partial charge in [0, 0.05) is 6.04 Å². The first-order valence-corrected chi connectivity index (χ1v) is 5.73. The summed E-state index contributed by atoms with van der Waals surface area (Å²) < 4.78 is 0. The van der Waals surface area contributed by atoms with Gasteiger partial charge in [-0.2, -0.15) is 0 Å². The minimum absolute atomic E-state index is 0.392. The number of carboxylic acids is 1. The molecule has 0 amide bonds. The van der Waals surface area contributed by atoms with Crippen LogP contribution in [0.15, 0.2) is 24.3 Å². The normalized spacial score (nSPS) is 25.3. The topological polar surface area (TPSA) is 49.3 Å². The maximum absolute atomic E-state index is 10.9. The third kappa shape index (κ3) is 2.42. The number of carbonyl (C=O) groups is 1. The average Bonchev–Trinajstić information content (AvgIpc) is 2.29. The second-order valence-corrected chi connectivity index (χ2v) is 4.51. The van der Waals surface area contributed by atoms with Crippen molar-refractivity contribution in [1.82, 2.24) is 5.32 Å². The highest BCUT2D eigenvalue weighted by Crippen LogP contribution is 2.28. The molecule has 2 N–H and O–H groups in total. The molecule has 1 aliphatic rings. The van der Waals surface area contributed by atoms with Gasteiger partial charge in [0.1, 0.15) is 0 Å². The quantitative estimate of drug-likeness (QED) is 0.802. The Kier molecular flexibility index (Phi) is 3.25. The largest absolute Gasteiger partial charge is 0.478 e. The summed E-state index contributed by atoms with van der Waals surface area (Å²) in [5, 5.41) is 12.4. The summed E-state index contributed by atoms with van der Waals surface area (Å²) in [6, 6.07) is 7.86. The van der Waals surface area contributed by atoms with Crippen LogP contribution in [0.1, 0.15) is 41.6 Å². The van der Waals surface area contributed by atoms with Crippen molar-refractivity contribution in [2.24, 2.45) is 0 Å². The molecule has 1 aromatic rings. The van der Waals surface area contributed by atoms with Crippen LogP contribution in [0.2, 0.25) is 0 Å². The van der Waals surface area contributed by atoms with E-state index in [-0.39, 0.29) is 0 Å². The van der Waals surface area contributed by atoms with Crippen molar-refractivity contribution >= 4 is 5.97 Å². The molecule has 16 heavy (non-hydrogen) atoms. The van der Waals surface area contributed by atoms with Gasteiger partial charge in [-0.05, 0) is 49.9 Å². The fraction of sp³-hybridized carbons (Fsp3) is 0.462. The Balaban J connectivity index is 2.19. The van der Waals surface area contributed by atoms with Crippen LogP contribution >= 0.6 is 0 Å². The highest BCUT2D eigenvalue weighted by molar-refractivity contribution is 5.87. The van der Waals surface area contributed by atoms with Gasteiger partial charge < -0.3 is 10.4 Å². The number of nitrogens with one attached hydrogen (secondary N) is 1.